The van der Waals surface area contributed by atoms with Crippen LogP contribution in [-0.4, -0.2) is 31.4 Å². The van der Waals surface area contributed by atoms with Crippen LogP contribution < -0.4 is 15.5 Å². The highest BCUT2D eigenvalue weighted by atomic mass is 16.2. The fraction of sp³-hybridized carbons (Fsp3) is 0.680. The topological polar surface area (TPSA) is 61.4 Å². The standard InChI is InChI=1S/C25H41N3O2/c1-6-8-9-20(7-2)24(29)27-21-10-11-23(28-14-12-19(5)13-15-28)22(16-21)25(30)26-17-18(3)4/h10-11,16,18-20H,6-9,12-15,17H2,1-5H3,(H,26,30)(H,27,29)/t20-/m0/s1. The minimum atomic E-state index is -0.0635. The highest BCUT2D eigenvalue weighted by molar-refractivity contribution is 6.02. The zero-order valence-corrected chi connectivity index (χ0v) is 19.6. The van der Waals surface area contributed by atoms with E-state index in [0.29, 0.717) is 23.7 Å². The van der Waals surface area contributed by atoms with Crippen LogP contribution in [-0.2, 0) is 4.79 Å². The average molecular weight is 416 g/mol. The Morgan fingerprint density at radius 3 is 2.47 bits per heavy atom. The summed E-state index contributed by atoms with van der Waals surface area (Å²) in [4.78, 5) is 28.1. The molecule has 2 rings (SSSR count). The summed E-state index contributed by atoms with van der Waals surface area (Å²) in [5, 5.41) is 6.11. The number of anilines is 2. The van der Waals surface area contributed by atoms with E-state index >= 15 is 0 Å². The van der Waals surface area contributed by atoms with Gasteiger partial charge >= 0.3 is 0 Å². The Balaban J connectivity index is 2.22. The summed E-state index contributed by atoms with van der Waals surface area (Å²) in [7, 11) is 0. The van der Waals surface area contributed by atoms with Crippen LogP contribution in [0.4, 0.5) is 11.4 Å². The number of hydrogen-bond acceptors (Lipinski definition) is 3. The third kappa shape index (κ3) is 7.03. The molecule has 0 saturated carbocycles. The van der Waals surface area contributed by atoms with Gasteiger partial charge in [-0.15, -0.1) is 0 Å². The summed E-state index contributed by atoms with van der Waals surface area (Å²) in [6.45, 7) is 13.2. The van der Waals surface area contributed by atoms with Crippen molar-refractivity contribution in [2.45, 2.75) is 73.1 Å². The van der Waals surface area contributed by atoms with Crippen LogP contribution in [0.25, 0.3) is 0 Å². The Kier molecular flexibility index (Phi) is 9.67. The molecule has 168 valence electrons. The van der Waals surface area contributed by atoms with Gasteiger partial charge in [0.2, 0.25) is 5.91 Å². The molecule has 0 radical (unpaired) electrons. The molecule has 1 atom stereocenters. The molecule has 2 amide bonds. The van der Waals surface area contributed by atoms with E-state index in [9.17, 15) is 9.59 Å². The first-order chi connectivity index (χ1) is 14.3. The lowest BCUT2D eigenvalue weighted by Gasteiger charge is -2.33. The molecule has 0 aliphatic carbocycles. The minimum absolute atomic E-state index is 0.0198. The van der Waals surface area contributed by atoms with Crippen LogP contribution in [0.5, 0.6) is 0 Å². The van der Waals surface area contributed by atoms with E-state index in [1.165, 1.54) is 0 Å². The lowest BCUT2D eigenvalue weighted by atomic mass is 9.97. The molecule has 0 spiro atoms. The van der Waals surface area contributed by atoms with Crippen LogP contribution in [0.2, 0.25) is 0 Å². The first-order valence-electron chi connectivity index (χ1n) is 11.8. The van der Waals surface area contributed by atoms with Crippen molar-refractivity contribution in [2.75, 3.05) is 29.9 Å². The zero-order valence-electron chi connectivity index (χ0n) is 19.6. The minimum Gasteiger partial charge on any atom is -0.371 e. The molecule has 1 fully saturated rings. The van der Waals surface area contributed by atoms with E-state index in [1.54, 1.807) is 0 Å². The van der Waals surface area contributed by atoms with Gasteiger partial charge in [-0.1, -0.05) is 47.5 Å². The Morgan fingerprint density at radius 1 is 1.17 bits per heavy atom. The summed E-state index contributed by atoms with van der Waals surface area (Å²) in [5.74, 6) is 1.13. The van der Waals surface area contributed by atoms with Crippen molar-refractivity contribution in [3.05, 3.63) is 23.8 Å². The van der Waals surface area contributed by atoms with Crippen LogP contribution in [0.15, 0.2) is 18.2 Å². The van der Waals surface area contributed by atoms with Gasteiger partial charge in [0, 0.05) is 36.9 Å². The fourth-order valence-electron chi connectivity index (χ4n) is 3.93. The fourth-order valence-corrected chi connectivity index (χ4v) is 3.93. The summed E-state index contributed by atoms with van der Waals surface area (Å²) in [6.07, 6.45) is 6.17. The monoisotopic (exact) mass is 415 g/mol. The largest absolute Gasteiger partial charge is 0.371 e. The van der Waals surface area contributed by atoms with Crippen LogP contribution >= 0.6 is 0 Å². The number of unbranched alkanes of at least 4 members (excludes halogenated alkanes) is 1. The van der Waals surface area contributed by atoms with Crippen molar-refractivity contribution < 1.29 is 9.59 Å². The molecule has 1 aliphatic heterocycles. The van der Waals surface area contributed by atoms with Crippen LogP contribution in [0, 0.1) is 17.8 Å². The molecule has 1 aromatic carbocycles. The SMILES string of the molecule is CCCC[C@H](CC)C(=O)Nc1ccc(N2CCC(C)CC2)c(C(=O)NCC(C)C)c1. The summed E-state index contributed by atoms with van der Waals surface area (Å²) in [5.41, 5.74) is 2.34. The number of nitrogens with one attached hydrogen (secondary N) is 2. The quantitative estimate of drug-likeness (QED) is 0.533. The number of amides is 2. The predicted molar refractivity (Wildman–Crippen MR) is 126 cm³/mol. The van der Waals surface area contributed by atoms with E-state index < -0.39 is 0 Å². The second-order valence-electron chi connectivity index (χ2n) is 9.24. The second kappa shape index (κ2) is 12.0. The first kappa shape index (κ1) is 24.2. The van der Waals surface area contributed by atoms with E-state index in [2.05, 4.69) is 50.2 Å². The Labute approximate surface area is 183 Å². The number of hydrogen-bond donors (Lipinski definition) is 2. The van der Waals surface area contributed by atoms with Gasteiger partial charge in [-0.05, 0) is 55.7 Å². The average Bonchev–Trinajstić information content (AvgIpc) is 2.73. The highest BCUT2D eigenvalue weighted by Crippen LogP contribution is 2.29. The maximum atomic E-state index is 13.0. The molecule has 1 aliphatic rings. The van der Waals surface area contributed by atoms with Gasteiger partial charge in [0.1, 0.15) is 0 Å². The molecule has 0 aromatic heterocycles. The highest BCUT2D eigenvalue weighted by Gasteiger charge is 2.23. The Hall–Kier alpha value is -2.04. The van der Waals surface area contributed by atoms with Crippen LogP contribution in [0.1, 0.15) is 83.5 Å². The number of carbonyl (C=O) groups excluding carboxylic acids is 2. The molecular weight excluding hydrogens is 374 g/mol. The molecule has 0 bridgehead atoms. The molecule has 1 heterocycles. The lowest BCUT2D eigenvalue weighted by molar-refractivity contribution is -0.120. The molecule has 0 unspecified atom stereocenters. The maximum absolute atomic E-state index is 13.0. The number of carbonyl (C=O) groups is 2. The van der Waals surface area contributed by atoms with E-state index in [4.69, 9.17) is 0 Å². The van der Waals surface area contributed by atoms with Crippen molar-refractivity contribution in [3.63, 3.8) is 0 Å². The lowest BCUT2D eigenvalue weighted by Crippen LogP contribution is -2.35. The van der Waals surface area contributed by atoms with E-state index in [0.717, 1.165) is 63.2 Å². The normalized spacial score (nSPS) is 15.9. The van der Waals surface area contributed by atoms with Gasteiger partial charge in [0.25, 0.3) is 5.91 Å². The number of nitrogens with zero attached hydrogens (tertiary/aromatic N) is 1. The molecule has 2 N–H and O–H groups in total. The van der Waals surface area contributed by atoms with E-state index in [-0.39, 0.29) is 17.7 Å². The molecule has 5 nitrogen and oxygen atoms in total. The van der Waals surface area contributed by atoms with Gasteiger partial charge in [0.05, 0.1) is 5.56 Å². The molecular formula is C25H41N3O2. The summed E-state index contributed by atoms with van der Waals surface area (Å²) >= 11 is 0. The number of rotatable bonds is 10. The maximum Gasteiger partial charge on any atom is 0.253 e. The predicted octanol–water partition coefficient (Wildman–Crippen LogP) is 5.46. The van der Waals surface area contributed by atoms with Crippen molar-refractivity contribution in [3.8, 4) is 0 Å². The van der Waals surface area contributed by atoms with Gasteiger partial charge in [-0.2, -0.15) is 0 Å². The van der Waals surface area contributed by atoms with Crippen molar-refractivity contribution in [2.24, 2.45) is 17.8 Å². The van der Waals surface area contributed by atoms with Crippen molar-refractivity contribution in [1.82, 2.24) is 5.32 Å². The Morgan fingerprint density at radius 2 is 1.87 bits per heavy atom. The summed E-state index contributed by atoms with van der Waals surface area (Å²) in [6, 6.07) is 5.80. The number of piperidine rings is 1. The van der Waals surface area contributed by atoms with Crippen molar-refractivity contribution in [1.29, 1.82) is 0 Å². The van der Waals surface area contributed by atoms with Gasteiger partial charge < -0.3 is 15.5 Å². The summed E-state index contributed by atoms with van der Waals surface area (Å²) < 4.78 is 0. The zero-order chi connectivity index (χ0) is 22.1. The molecule has 5 heteroatoms. The van der Waals surface area contributed by atoms with Crippen LogP contribution in [0.3, 0.4) is 0 Å². The third-order valence-electron chi connectivity index (χ3n) is 6.07. The molecule has 1 aromatic rings. The van der Waals surface area contributed by atoms with E-state index in [1.807, 2.05) is 18.2 Å². The van der Waals surface area contributed by atoms with Gasteiger partial charge in [0.15, 0.2) is 0 Å². The van der Waals surface area contributed by atoms with Gasteiger partial charge in [-0.25, -0.2) is 0 Å². The number of benzene rings is 1. The first-order valence-corrected chi connectivity index (χ1v) is 11.8. The smallest absolute Gasteiger partial charge is 0.253 e. The molecule has 30 heavy (non-hydrogen) atoms. The van der Waals surface area contributed by atoms with Crippen molar-refractivity contribution >= 4 is 23.2 Å². The third-order valence-corrected chi connectivity index (χ3v) is 6.07. The van der Waals surface area contributed by atoms with Gasteiger partial charge in [-0.3, -0.25) is 9.59 Å². The Bertz CT molecular complexity index is 694. The second-order valence-corrected chi connectivity index (χ2v) is 9.24. The molecule has 1 saturated heterocycles.